The zero-order valence-electron chi connectivity index (χ0n) is 16.4. The topological polar surface area (TPSA) is 74.6 Å². The van der Waals surface area contributed by atoms with Crippen LogP contribution >= 0.6 is 0 Å². The first kappa shape index (κ1) is 18.9. The number of carboxylic acids is 1. The van der Waals surface area contributed by atoms with Crippen molar-refractivity contribution in [3.8, 4) is 0 Å². The number of fused-ring (bicyclic) bond motifs is 3. The van der Waals surface area contributed by atoms with Crippen molar-refractivity contribution >= 4 is 16.8 Å². The van der Waals surface area contributed by atoms with Gasteiger partial charge in [0.2, 0.25) is 0 Å². The third kappa shape index (κ3) is 2.35. The number of carboxylic acid groups (broad SMARTS) is 1. The zero-order valence-corrected chi connectivity index (χ0v) is 17.2. The lowest BCUT2D eigenvalue weighted by molar-refractivity contribution is -0.241. The van der Waals surface area contributed by atoms with E-state index in [-0.39, 0.29) is 28.8 Å². The van der Waals surface area contributed by atoms with Crippen LogP contribution in [-0.4, -0.2) is 38.5 Å². The average molecular weight is 383 g/mol. The lowest BCUT2D eigenvalue weighted by Gasteiger charge is -2.69. The number of hydrogen-bond acceptors (Lipinski definition) is 3. The molecule has 0 aromatic rings. The summed E-state index contributed by atoms with van der Waals surface area (Å²) >= 11 is 0. The van der Waals surface area contributed by atoms with Gasteiger partial charge in [-0.3, -0.25) is 9.00 Å². The second-order valence-electron chi connectivity index (χ2n) is 10.3. The van der Waals surface area contributed by atoms with E-state index in [4.69, 9.17) is 0 Å². The normalized spacial score (nSPS) is 54.2. The molecule has 9 atom stereocenters. The maximum Gasteiger partial charge on any atom is 0.309 e. The Bertz CT molecular complexity index is 636. The molecule has 5 rings (SSSR count). The Morgan fingerprint density at radius 2 is 1.81 bits per heavy atom. The molecule has 0 heterocycles. The van der Waals surface area contributed by atoms with Crippen molar-refractivity contribution in [3.63, 3.8) is 0 Å². The van der Waals surface area contributed by atoms with Crippen LogP contribution in [0, 0.1) is 39.9 Å². The van der Waals surface area contributed by atoms with Gasteiger partial charge in [-0.05, 0) is 86.4 Å². The van der Waals surface area contributed by atoms with E-state index in [9.17, 15) is 19.2 Å². The fourth-order valence-corrected chi connectivity index (χ4v) is 9.23. The van der Waals surface area contributed by atoms with Crippen LogP contribution < -0.4 is 0 Å². The first-order valence-corrected chi connectivity index (χ1v) is 12.1. The van der Waals surface area contributed by atoms with Crippen molar-refractivity contribution in [2.75, 3.05) is 12.0 Å². The first-order valence-electron chi connectivity index (χ1n) is 10.4. The van der Waals surface area contributed by atoms with Gasteiger partial charge in [-0.25, -0.2) is 0 Å². The van der Waals surface area contributed by atoms with Gasteiger partial charge in [-0.2, -0.15) is 0 Å². The van der Waals surface area contributed by atoms with E-state index < -0.39 is 22.2 Å². The molecular formula is C21H34O4S. The number of carbonyl (C=O) groups is 1. The summed E-state index contributed by atoms with van der Waals surface area (Å²) in [5, 5.41) is 21.4. The summed E-state index contributed by atoms with van der Waals surface area (Å²) in [6, 6.07) is 0. The fraction of sp³-hybridized carbons (Fsp3) is 0.952. The second-order valence-corrected chi connectivity index (χ2v) is 11.8. The standard InChI is InChI=1S/C21H34O4S/c1-19-7-4-8-20(2,18(23)24)15(19)6-10-21-9-5-13(11-16(19)21)14(17(21)22)12-26(3)25/h13-17,22H,4-12H2,1-3H3,(H,23,24)/t13-,14-,15-,16-,17+,19+,20+,21-,26-/m0/s1. The van der Waals surface area contributed by atoms with Gasteiger partial charge in [0.05, 0.1) is 11.5 Å². The van der Waals surface area contributed by atoms with Crippen LogP contribution in [0.2, 0.25) is 0 Å². The molecule has 5 fully saturated rings. The van der Waals surface area contributed by atoms with E-state index in [0.29, 0.717) is 17.6 Å². The molecule has 26 heavy (non-hydrogen) atoms. The number of hydrogen-bond donors (Lipinski definition) is 2. The van der Waals surface area contributed by atoms with Crippen LogP contribution in [0.3, 0.4) is 0 Å². The minimum absolute atomic E-state index is 0.0135. The lowest BCUT2D eigenvalue weighted by Crippen LogP contribution is -2.67. The lowest BCUT2D eigenvalue weighted by atomic mass is 9.35. The van der Waals surface area contributed by atoms with Gasteiger partial charge < -0.3 is 10.2 Å². The fourth-order valence-electron chi connectivity index (χ4n) is 8.23. The van der Waals surface area contributed by atoms with E-state index in [0.717, 1.165) is 51.4 Å². The molecule has 0 saturated heterocycles. The third-order valence-corrected chi connectivity index (χ3v) is 10.3. The van der Waals surface area contributed by atoms with Gasteiger partial charge in [-0.1, -0.05) is 13.3 Å². The van der Waals surface area contributed by atoms with Crippen LogP contribution in [-0.2, 0) is 15.6 Å². The molecule has 5 aliphatic rings. The van der Waals surface area contributed by atoms with E-state index in [1.165, 1.54) is 0 Å². The molecule has 2 N–H and O–H groups in total. The smallest absolute Gasteiger partial charge is 0.309 e. The molecule has 148 valence electrons. The maximum absolute atomic E-state index is 12.1. The molecule has 0 amide bonds. The summed E-state index contributed by atoms with van der Waals surface area (Å²) in [7, 11) is -0.876. The van der Waals surface area contributed by atoms with E-state index >= 15 is 0 Å². The van der Waals surface area contributed by atoms with Gasteiger partial charge in [0, 0.05) is 22.8 Å². The predicted octanol–water partition coefficient (Wildman–Crippen LogP) is 3.45. The highest BCUT2D eigenvalue weighted by atomic mass is 32.2. The highest BCUT2D eigenvalue weighted by molar-refractivity contribution is 7.84. The van der Waals surface area contributed by atoms with Crippen LogP contribution in [0.15, 0.2) is 0 Å². The van der Waals surface area contributed by atoms with Gasteiger partial charge >= 0.3 is 5.97 Å². The molecule has 1 spiro atoms. The SMILES string of the molecule is C[S@](=O)C[C@H]1[C@H]2CC[C@@]3(CC[C@H]4[C@@](C)(CCC[C@@]4(C)C(=O)O)[C@@H]3C2)[C@@H]1O. The van der Waals surface area contributed by atoms with Crippen LogP contribution in [0.5, 0.6) is 0 Å². The number of aliphatic hydroxyl groups excluding tert-OH is 1. The van der Waals surface area contributed by atoms with Crippen molar-refractivity contribution in [1.29, 1.82) is 0 Å². The average Bonchev–Trinajstić information content (AvgIpc) is 2.57. The summed E-state index contributed by atoms with van der Waals surface area (Å²) in [5.41, 5.74) is -0.680. The van der Waals surface area contributed by atoms with Crippen molar-refractivity contribution in [2.45, 2.75) is 71.3 Å². The Morgan fingerprint density at radius 3 is 2.46 bits per heavy atom. The summed E-state index contributed by atoms with van der Waals surface area (Å²) in [5.74, 6) is 1.23. The highest BCUT2D eigenvalue weighted by Gasteiger charge is 2.68. The van der Waals surface area contributed by atoms with Gasteiger partial charge in [0.25, 0.3) is 0 Å². The first-order chi connectivity index (χ1) is 12.1. The minimum Gasteiger partial charge on any atom is -0.481 e. The summed E-state index contributed by atoms with van der Waals surface area (Å²) < 4.78 is 11.9. The predicted molar refractivity (Wildman–Crippen MR) is 102 cm³/mol. The minimum atomic E-state index is -0.876. The second kappa shape index (κ2) is 6.04. The van der Waals surface area contributed by atoms with Crippen molar-refractivity contribution in [1.82, 2.24) is 0 Å². The third-order valence-electron chi connectivity index (χ3n) is 9.40. The Hall–Kier alpha value is -0.420. The van der Waals surface area contributed by atoms with Gasteiger partial charge in [-0.15, -0.1) is 0 Å². The molecule has 0 radical (unpaired) electrons. The number of rotatable bonds is 3. The Morgan fingerprint density at radius 1 is 1.12 bits per heavy atom. The maximum atomic E-state index is 12.1. The molecule has 4 nitrogen and oxygen atoms in total. The van der Waals surface area contributed by atoms with Gasteiger partial charge in [0.15, 0.2) is 0 Å². The zero-order chi connectivity index (χ0) is 18.9. The molecule has 0 aromatic carbocycles. The highest BCUT2D eigenvalue weighted by Crippen LogP contribution is 2.72. The molecule has 0 aliphatic heterocycles. The van der Waals surface area contributed by atoms with Crippen molar-refractivity contribution in [2.24, 2.45) is 39.9 Å². The Kier molecular flexibility index (Phi) is 4.39. The van der Waals surface area contributed by atoms with Crippen LogP contribution in [0.25, 0.3) is 0 Å². The Balaban J connectivity index is 1.71. The van der Waals surface area contributed by atoms with Crippen molar-refractivity contribution in [3.05, 3.63) is 0 Å². The molecule has 0 aromatic heterocycles. The number of aliphatic hydroxyl groups is 1. The van der Waals surface area contributed by atoms with E-state index in [1.807, 2.05) is 6.92 Å². The molecule has 5 saturated carbocycles. The quantitative estimate of drug-likeness (QED) is 0.784. The molecule has 2 bridgehead atoms. The monoisotopic (exact) mass is 382 g/mol. The van der Waals surface area contributed by atoms with E-state index in [1.54, 1.807) is 6.26 Å². The Labute approximate surface area is 159 Å². The number of aliphatic carboxylic acids is 1. The molecular weight excluding hydrogens is 348 g/mol. The van der Waals surface area contributed by atoms with Crippen molar-refractivity contribution < 1.29 is 19.2 Å². The van der Waals surface area contributed by atoms with Crippen LogP contribution in [0.1, 0.15) is 65.2 Å². The summed E-state index contributed by atoms with van der Waals surface area (Å²) in [6.07, 6.45) is 9.42. The van der Waals surface area contributed by atoms with Crippen LogP contribution in [0.4, 0.5) is 0 Å². The molecule has 5 aliphatic carbocycles. The van der Waals surface area contributed by atoms with Gasteiger partial charge in [0.1, 0.15) is 0 Å². The summed E-state index contributed by atoms with van der Waals surface area (Å²) in [4.78, 5) is 12.1. The van der Waals surface area contributed by atoms with E-state index in [2.05, 4.69) is 6.92 Å². The molecule has 0 unspecified atom stereocenters. The summed E-state index contributed by atoms with van der Waals surface area (Å²) in [6.45, 7) is 4.31. The molecule has 5 heteroatoms. The largest absolute Gasteiger partial charge is 0.481 e.